The van der Waals surface area contributed by atoms with Crippen molar-refractivity contribution in [2.75, 3.05) is 6.61 Å². The number of hydrogen-bond acceptors (Lipinski definition) is 3. The van der Waals surface area contributed by atoms with Crippen LogP contribution in [0.5, 0.6) is 11.5 Å². The first-order valence-corrected chi connectivity index (χ1v) is 6.26. The Balaban J connectivity index is 1.95. The summed E-state index contributed by atoms with van der Waals surface area (Å²) < 4.78 is 59.3. The zero-order chi connectivity index (χ0) is 16.1. The lowest BCUT2D eigenvalue weighted by molar-refractivity contribution is -0.0498. The number of aliphatic hydroxyl groups is 1. The minimum atomic E-state index is -2.93. The molecule has 0 heterocycles. The van der Waals surface area contributed by atoms with Crippen molar-refractivity contribution in [2.45, 2.75) is 12.7 Å². The topological polar surface area (TPSA) is 38.7 Å². The van der Waals surface area contributed by atoms with Gasteiger partial charge in [-0.15, -0.1) is 0 Å². The van der Waals surface area contributed by atoms with Crippen LogP contribution in [-0.4, -0.2) is 18.3 Å². The maximum atomic E-state index is 13.3. The van der Waals surface area contributed by atoms with E-state index in [1.807, 2.05) is 0 Å². The Labute approximate surface area is 123 Å². The van der Waals surface area contributed by atoms with Crippen LogP contribution in [0.15, 0.2) is 42.5 Å². The van der Waals surface area contributed by atoms with Gasteiger partial charge in [0.2, 0.25) is 0 Å². The van der Waals surface area contributed by atoms with Gasteiger partial charge in [-0.1, -0.05) is 12.1 Å². The van der Waals surface area contributed by atoms with E-state index in [1.165, 1.54) is 24.3 Å². The van der Waals surface area contributed by atoms with Crippen molar-refractivity contribution < 1.29 is 32.1 Å². The fourth-order valence-corrected chi connectivity index (χ4v) is 1.73. The van der Waals surface area contributed by atoms with Gasteiger partial charge >= 0.3 is 6.61 Å². The molecule has 7 heteroatoms. The number of aliphatic hydroxyl groups excluding tert-OH is 1. The lowest BCUT2D eigenvalue weighted by Crippen LogP contribution is -2.10. The minimum absolute atomic E-state index is 0.0450. The molecule has 2 aromatic carbocycles. The molecule has 2 rings (SSSR count). The average Bonchev–Trinajstić information content (AvgIpc) is 2.46. The van der Waals surface area contributed by atoms with E-state index in [-0.39, 0.29) is 18.1 Å². The molecule has 0 amide bonds. The zero-order valence-electron chi connectivity index (χ0n) is 11.2. The van der Waals surface area contributed by atoms with E-state index in [0.717, 1.165) is 12.1 Å². The Morgan fingerprint density at radius 1 is 1.00 bits per heavy atom. The van der Waals surface area contributed by atoms with Crippen LogP contribution < -0.4 is 9.47 Å². The van der Waals surface area contributed by atoms with E-state index in [2.05, 4.69) is 4.74 Å². The van der Waals surface area contributed by atoms with Crippen LogP contribution in [0.2, 0.25) is 0 Å². The first kappa shape index (κ1) is 16.1. The minimum Gasteiger partial charge on any atom is -0.487 e. The van der Waals surface area contributed by atoms with Crippen molar-refractivity contribution in [1.82, 2.24) is 0 Å². The van der Waals surface area contributed by atoms with Crippen LogP contribution in [0.3, 0.4) is 0 Å². The van der Waals surface area contributed by atoms with Gasteiger partial charge in [-0.2, -0.15) is 8.78 Å². The molecule has 0 bridgehead atoms. The summed E-state index contributed by atoms with van der Waals surface area (Å²) in [6, 6.07) is 8.10. The van der Waals surface area contributed by atoms with Crippen molar-refractivity contribution in [2.24, 2.45) is 0 Å². The van der Waals surface area contributed by atoms with Crippen LogP contribution >= 0.6 is 0 Å². The number of hydrogen-bond donors (Lipinski definition) is 1. The Bertz CT molecular complexity index is 617. The summed E-state index contributed by atoms with van der Waals surface area (Å²) in [5.74, 6) is -1.86. The third-order valence-electron chi connectivity index (χ3n) is 2.78. The smallest absolute Gasteiger partial charge is 0.387 e. The molecule has 0 aliphatic heterocycles. The number of benzene rings is 2. The highest BCUT2D eigenvalue weighted by Gasteiger charge is 2.12. The van der Waals surface area contributed by atoms with Crippen molar-refractivity contribution in [3.63, 3.8) is 0 Å². The number of rotatable bonds is 6. The monoisotopic (exact) mass is 316 g/mol. The largest absolute Gasteiger partial charge is 0.487 e. The molecule has 1 atom stereocenters. The summed E-state index contributed by atoms with van der Waals surface area (Å²) in [6.07, 6.45) is -1.11. The van der Waals surface area contributed by atoms with Crippen molar-refractivity contribution >= 4 is 0 Å². The summed E-state index contributed by atoms with van der Waals surface area (Å²) >= 11 is 0. The lowest BCUT2D eigenvalue weighted by Gasteiger charge is -2.14. The molecule has 22 heavy (non-hydrogen) atoms. The maximum absolute atomic E-state index is 13.3. The molecule has 118 valence electrons. The first-order chi connectivity index (χ1) is 10.5. The van der Waals surface area contributed by atoms with E-state index in [1.54, 1.807) is 0 Å². The Hall–Kier alpha value is -2.28. The normalized spacial score (nSPS) is 12.3. The SMILES string of the molecule is OC(COc1ccc(F)cc1F)c1ccc(OC(F)F)cc1. The molecule has 1 N–H and O–H groups in total. The number of halogens is 4. The summed E-state index contributed by atoms with van der Waals surface area (Å²) in [6.45, 7) is -3.21. The molecule has 0 aromatic heterocycles. The van der Waals surface area contributed by atoms with Gasteiger partial charge < -0.3 is 14.6 Å². The van der Waals surface area contributed by atoms with Gasteiger partial charge in [0.1, 0.15) is 24.3 Å². The molecule has 2 aromatic rings. The standard InChI is InChI=1S/C15H12F4O3/c16-10-3-6-14(12(17)7-10)21-8-13(20)9-1-4-11(5-2-9)22-15(18)19/h1-7,13,15,20H,8H2. The molecule has 0 fully saturated rings. The zero-order valence-corrected chi connectivity index (χ0v) is 11.2. The fraction of sp³-hybridized carbons (Fsp3) is 0.200. The quantitative estimate of drug-likeness (QED) is 0.826. The van der Waals surface area contributed by atoms with E-state index >= 15 is 0 Å². The van der Waals surface area contributed by atoms with E-state index in [0.29, 0.717) is 11.6 Å². The van der Waals surface area contributed by atoms with Gasteiger partial charge in [-0.3, -0.25) is 0 Å². The van der Waals surface area contributed by atoms with Crippen LogP contribution in [-0.2, 0) is 0 Å². The second-order valence-electron chi connectivity index (χ2n) is 4.35. The maximum Gasteiger partial charge on any atom is 0.387 e. The van der Waals surface area contributed by atoms with Crippen LogP contribution in [0.1, 0.15) is 11.7 Å². The van der Waals surface area contributed by atoms with Crippen LogP contribution in [0, 0.1) is 11.6 Å². The van der Waals surface area contributed by atoms with Gasteiger partial charge in [-0.05, 0) is 29.8 Å². The molecule has 0 spiro atoms. The highest BCUT2D eigenvalue weighted by Crippen LogP contribution is 2.22. The second kappa shape index (κ2) is 7.13. The Morgan fingerprint density at radius 2 is 1.68 bits per heavy atom. The van der Waals surface area contributed by atoms with Gasteiger partial charge in [0.15, 0.2) is 11.6 Å². The summed E-state index contributed by atoms with van der Waals surface area (Å²) in [5, 5.41) is 9.89. The highest BCUT2D eigenvalue weighted by atomic mass is 19.3. The van der Waals surface area contributed by atoms with E-state index in [4.69, 9.17) is 4.74 Å². The Morgan fingerprint density at radius 3 is 2.27 bits per heavy atom. The third-order valence-corrected chi connectivity index (χ3v) is 2.78. The summed E-state index contributed by atoms with van der Waals surface area (Å²) in [4.78, 5) is 0. The molecular weight excluding hydrogens is 304 g/mol. The van der Waals surface area contributed by atoms with Crippen molar-refractivity contribution in [3.05, 3.63) is 59.7 Å². The molecule has 3 nitrogen and oxygen atoms in total. The fourth-order valence-electron chi connectivity index (χ4n) is 1.73. The first-order valence-electron chi connectivity index (χ1n) is 6.26. The molecule has 0 aliphatic rings. The molecular formula is C15H12F4O3. The molecule has 0 saturated carbocycles. The molecule has 0 radical (unpaired) electrons. The average molecular weight is 316 g/mol. The Kier molecular flexibility index (Phi) is 5.21. The summed E-state index contributed by atoms with van der Waals surface area (Å²) in [5.41, 5.74) is 0.379. The predicted octanol–water partition coefficient (Wildman–Crippen LogP) is 3.68. The van der Waals surface area contributed by atoms with E-state index < -0.39 is 24.3 Å². The molecule has 1 unspecified atom stereocenters. The highest BCUT2D eigenvalue weighted by molar-refractivity contribution is 5.29. The van der Waals surface area contributed by atoms with Crippen LogP contribution in [0.25, 0.3) is 0 Å². The van der Waals surface area contributed by atoms with E-state index in [9.17, 15) is 22.7 Å². The summed E-state index contributed by atoms with van der Waals surface area (Å²) in [7, 11) is 0. The second-order valence-corrected chi connectivity index (χ2v) is 4.35. The number of alkyl halides is 2. The van der Waals surface area contributed by atoms with Crippen molar-refractivity contribution in [3.8, 4) is 11.5 Å². The van der Waals surface area contributed by atoms with Gasteiger partial charge in [0.05, 0.1) is 0 Å². The predicted molar refractivity (Wildman–Crippen MR) is 69.9 cm³/mol. The molecule has 0 aliphatic carbocycles. The van der Waals surface area contributed by atoms with Crippen LogP contribution in [0.4, 0.5) is 17.6 Å². The van der Waals surface area contributed by atoms with Gasteiger partial charge in [0, 0.05) is 6.07 Å². The number of ether oxygens (including phenoxy) is 2. The third kappa shape index (κ3) is 4.36. The lowest BCUT2D eigenvalue weighted by atomic mass is 10.1. The van der Waals surface area contributed by atoms with Crippen molar-refractivity contribution in [1.29, 1.82) is 0 Å². The molecule has 0 saturated heterocycles. The van der Waals surface area contributed by atoms with Gasteiger partial charge in [-0.25, -0.2) is 8.78 Å². The van der Waals surface area contributed by atoms with Gasteiger partial charge in [0.25, 0.3) is 0 Å².